The first-order chi connectivity index (χ1) is 8.29. The largest absolute Gasteiger partial charge is 0.355 e. The van der Waals surface area contributed by atoms with Gasteiger partial charge in [-0.25, -0.2) is 0 Å². The Bertz CT molecular complexity index is 294. The van der Waals surface area contributed by atoms with Crippen LogP contribution in [-0.2, 0) is 0 Å². The van der Waals surface area contributed by atoms with Crippen molar-refractivity contribution in [2.75, 3.05) is 39.2 Å². The zero-order chi connectivity index (χ0) is 13.8. The summed E-state index contributed by atoms with van der Waals surface area (Å²) in [5.74, 6) is 3.34. The number of aliphatic imine (C=N–C) groups is 1. The highest BCUT2D eigenvalue weighted by Gasteiger charge is 2.36. The Balaban J connectivity index is 0.00000324. The Morgan fingerprint density at radius 1 is 1.37 bits per heavy atom. The molecule has 4 nitrogen and oxygen atoms in total. The number of likely N-dealkylation sites (N-methyl/N-ethyl adjacent to an activating group) is 1. The monoisotopic (exact) mass is 400 g/mol. The summed E-state index contributed by atoms with van der Waals surface area (Å²) in [6, 6.07) is 0. The average molecular weight is 400 g/mol. The highest BCUT2D eigenvalue weighted by molar-refractivity contribution is 14.0. The molecule has 1 aliphatic heterocycles. The third kappa shape index (κ3) is 6.08. The topological polar surface area (TPSA) is 39.7 Å². The minimum atomic E-state index is 0. The third-order valence-electron chi connectivity index (χ3n) is 3.33. The molecule has 19 heavy (non-hydrogen) atoms. The fraction of sp³-hybridized carbons (Fsp3) is 0.923. The van der Waals surface area contributed by atoms with Gasteiger partial charge in [-0.05, 0) is 47.0 Å². The SMILES string of the molecule is CN=C(NCC1(N(C)C)CCSC1)NC(C)(C)C.I. The predicted molar refractivity (Wildman–Crippen MR) is 98.0 cm³/mol. The molecule has 0 aromatic rings. The van der Waals surface area contributed by atoms with Crippen LogP contribution in [0.2, 0.25) is 0 Å². The van der Waals surface area contributed by atoms with E-state index in [1.54, 1.807) is 0 Å². The second kappa shape index (κ2) is 7.93. The van der Waals surface area contributed by atoms with Gasteiger partial charge in [0.1, 0.15) is 0 Å². The molecule has 1 atom stereocenters. The molecule has 0 aromatic heterocycles. The minimum absolute atomic E-state index is 0. The number of nitrogens with one attached hydrogen (secondary N) is 2. The van der Waals surface area contributed by atoms with E-state index in [0.29, 0.717) is 0 Å². The highest BCUT2D eigenvalue weighted by Crippen LogP contribution is 2.31. The third-order valence-corrected chi connectivity index (χ3v) is 4.57. The van der Waals surface area contributed by atoms with Crippen LogP contribution in [0.3, 0.4) is 0 Å². The Hall–Kier alpha value is 0.310. The van der Waals surface area contributed by atoms with Crippen molar-refractivity contribution in [1.29, 1.82) is 0 Å². The van der Waals surface area contributed by atoms with Gasteiger partial charge in [0.05, 0.1) is 0 Å². The van der Waals surface area contributed by atoms with Crippen LogP contribution in [0.25, 0.3) is 0 Å². The van der Waals surface area contributed by atoms with E-state index in [1.165, 1.54) is 17.9 Å². The van der Waals surface area contributed by atoms with Crippen LogP contribution in [0.15, 0.2) is 4.99 Å². The van der Waals surface area contributed by atoms with Crippen molar-refractivity contribution >= 4 is 41.7 Å². The van der Waals surface area contributed by atoms with E-state index >= 15 is 0 Å². The lowest BCUT2D eigenvalue weighted by Crippen LogP contribution is -2.56. The first-order valence-corrected chi connectivity index (χ1v) is 7.69. The van der Waals surface area contributed by atoms with Gasteiger partial charge in [-0.3, -0.25) is 4.99 Å². The molecule has 0 radical (unpaired) electrons. The predicted octanol–water partition coefficient (Wildman–Crippen LogP) is 2.01. The summed E-state index contributed by atoms with van der Waals surface area (Å²) in [6.45, 7) is 7.38. The van der Waals surface area contributed by atoms with Crippen LogP contribution in [-0.4, -0.2) is 61.1 Å². The maximum atomic E-state index is 4.29. The summed E-state index contributed by atoms with van der Waals surface area (Å²) in [5, 5.41) is 6.87. The smallest absolute Gasteiger partial charge is 0.191 e. The van der Waals surface area contributed by atoms with E-state index in [4.69, 9.17) is 0 Å². The molecule has 0 saturated carbocycles. The summed E-state index contributed by atoms with van der Waals surface area (Å²) in [5.41, 5.74) is 0.303. The van der Waals surface area contributed by atoms with Gasteiger partial charge < -0.3 is 15.5 Å². The molecular formula is C13H29IN4S. The number of hydrogen-bond acceptors (Lipinski definition) is 3. The number of nitrogens with zero attached hydrogens (tertiary/aromatic N) is 2. The van der Waals surface area contributed by atoms with Gasteiger partial charge in [0.15, 0.2) is 5.96 Å². The molecule has 1 rings (SSSR count). The van der Waals surface area contributed by atoms with Gasteiger partial charge in [-0.1, -0.05) is 0 Å². The molecule has 0 aromatic carbocycles. The molecule has 1 aliphatic rings. The van der Waals surface area contributed by atoms with Crippen LogP contribution >= 0.6 is 35.7 Å². The summed E-state index contributed by atoms with van der Waals surface area (Å²) in [6.07, 6.45) is 1.24. The molecular weight excluding hydrogens is 371 g/mol. The molecule has 0 aliphatic carbocycles. The molecule has 1 heterocycles. The molecule has 114 valence electrons. The number of rotatable bonds is 3. The Morgan fingerprint density at radius 3 is 2.37 bits per heavy atom. The number of hydrogen-bond donors (Lipinski definition) is 2. The number of guanidine groups is 1. The summed E-state index contributed by atoms with van der Waals surface area (Å²) >= 11 is 2.04. The van der Waals surface area contributed by atoms with Crippen molar-refractivity contribution < 1.29 is 0 Å². The molecule has 0 spiro atoms. The average Bonchev–Trinajstić information content (AvgIpc) is 2.72. The van der Waals surface area contributed by atoms with Crippen molar-refractivity contribution in [3.05, 3.63) is 0 Å². The van der Waals surface area contributed by atoms with Crippen molar-refractivity contribution in [1.82, 2.24) is 15.5 Å². The molecule has 0 bridgehead atoms. The maximum absolute atomic E-state index is 4.29. The van der Waals surface area contributed by atoms with Gasteiger partial charge in [0.25, 0.3) is 0 Å². The van der Waals surface area contributed by atoms with Gasteiger partial charge in [0, 0.05) is 30.4 Å². The minimum Gasteiger partial charge on any atom is -0.355 e. The van der Waals surface area contributed by atoms with E-state index in [1.807, 2.05) is 18.8 Å². The Labute approximate surface area is 139 Å². The van der Waals surface area contributed by atoms with Gasteiger partial charge in [-0.2, -0.15) is 11.8 Å². The quantitative estimate of drug-likeness (QED) is 0.432. The molecule has 2 N–H and O–H groups in total. The molecule has 0 amide bonds. The Morgan fingerprint density at radius 2 is 2.00 bits per heavy atom. The van der Waals surface area contributed by atoms with Gasteiger partial charge in [-0.15, -0.1) is 24.0 Å². The summed E-state index contributed by atoms with van der Waals surface area (Å²) in [7, 11) is 6.17. The lowest BCUT2D eigenvalue weighted by molar-refractivity contribution is 0.182. The summed E-state index contributed by atoms with van der Waals surface area (Å²) in [4.78, 5) is 6.65. The first kappa shape index (κ1) is 19.3. The lowest BCUT2D eigenvalue weighted by Gasteiger charge is -2.36. The molecule has 1 unspecified atom stereocenters. The number of thioether (sulfide) groups is 1. The second-order valence-electron chi connectivity index (χ2n) is 6.22. The van der Waals surface area contributed by atoms with Gasteiger partial charge in [0.2, 0.25) is 0 Å². The van der Waals surface area contributed by atoms with E-state index in [0.717, 1.165) is 12.5 Å². The van der Waals surface area contributed by atoms with E-state index in [2.05, 4.69) is 55.4 Å². The fourth-order valence-electron chi connectivity index (χ4n) is 2.03. The van der Waals surface area contributed by atoms with E-state index in [9.17, 15) is 0 Å². The standard InChI is InChI=1S/C13H28N4S.HI/c1-12(2,3)16-11(14-4)15-9-13(17(5)6)7-8-18-10-13;/h7-10H2,1-6H3,(H2,14,15,16);1H. The van der Waals surface area contributed by atoms with Crippen molar-refractivity contribution in [3.8, 4) is 0 Å². The van der Waals surface area contributed by atoms with Crippen molar-refractivity contribution in [2.24, 2.45) is 4.99 Å². The van der Waals surface area contributed by atoms with Crippen LogP contribution < -0.4 is 10.6 Å². The normalized spacial score (nSPS) is 24.3. The van der Waals surface area contributed by atoms with Crippen LogP contribution in [0.5, 0.6) is 0 Å². The Kier molecular flexibility index (Phi) is 8.06. The zero-order valence-electron chi connectivity index (χ0n) is 13.0. The highest BCUT2D eigenvalue weighted by atomic mass is 127. The number of halogens is 1. The maximum Gasteiger partial charge on any atom is 0.191 e. The van der Waals surface area contributed by atoms with Gasteiger partial charge >= 0.3 is 0 Å². The van der Waals surface area contributed by atoms with Crippen molar-refractivity contribution in [2.45, 2.75) is 38.3 Å². The summed E-state index contributed by atoms with van der Waals surface area (Å²) < 4.78 is 0. The first-order valence-electron chi connectivity index (χ1n) is 6.53. The van der Waals surface area contributed by atoms with E-state index < -0.39 is 0 Å². The van der Waals surface area contributed by atoms with Crippen molar-refractivity contribution in [3.63, 3.8) is 0 Å². The molecule has 1 saturated heterocycles. The molecule has 1 fully saturated rings. The second-order valence-corrected chi connectivity index (χ2v) is 7.33. The van der Waals surface area contributed by atoms with Crippen LogP contribution in [0, 0.1) is 0 Å². The van der Waals surface area contributed by atoms with Crippen LogP contribution in [0.1, 0.15) is 27.2 Å². The van der Waals surface area contributed by atoms with E-state index in [-0.39, 0.29) is 35.1 Å². The van der Waals surface area contributed by atoms with Crippen LogP contribution in [0.4, 0.5) is 0 Å². The fourth-order valence-corrected chi connectivity index (χ4v) is 3.58. The molecule has 6 heteroatoms. The zero-order valence-corrected chi connectivity index (χ0v) is 16.2. The lowest BCUT2D eigenvalue weighted by atomic mass is 9.97.